The minimum absolute atomic E-state index is 0.806. The zero-order valence-electron chi connectivity index (χ0n) is 43.2. The maximum atomic E-state index is 7.34. The maximum Gasteiger partial charge on any atom is 0.184 e. The van der Waals surface area contributed by atoms with E-state index in [4.69, 9.17) is 13.3 Å². The minimum Gasteiger partial charge on any atom is -0.456 e. The van der Waals surface area contributed by atoms with E-state index in [1.165, 1.54) is 48.0 Å². The first-order valence-electron chi connectivity index (χ1n) is 27.3. The van der Waals surface area contributed by atoms with Crippen LogP contribution in [-0.4, -0.2) is 8.07 Å². The lowest BCUT2D eigenvalue weighted by Gasteiger charge is -2.45. The van der Waals surface area contributed by atoms with Crippen molar-refractivity contribution in [2.24, 2.45) is 0 Å². The highest BCUT2D eigenvalue weighted by Crippen LogP contribution is 2.46. The molecule has 0 fully saturated rings. The second-order valence-electron chi connectivity index (χ2n) is 21.1. The molecule has 0 radical (unpaired) electrons. The number of furan rings is 3. The number of anilines is 6. The molecule has 0 saturated carbocycles. The van der Waals surface area contributed by atoms with Gasteiger partial charge in [0.1, 0.15) is 33.5 Å². The minimum atomic E-state index is -3.37. The number of hydrogen-bond acceptors (Lipinski definition) is 5. The van der Waals surface area contributed by atoms with Crippen molar-refractivity contribution < 1.29 is 13.3 Å². The first kappa shape index (κ1) is 44.7. The van der Waals surface area contributed by atoms with E-state index in [0.29, 0.717) is 0 Å². The Balaban J connectivity index is 0.916. The molecule has 1 aliphatic rings. The summed E-state index contributed by atoms with van der Waals surface area (Å²) in [4.78, 5) is 4.84. The largest absolute Gasteiger partial charge is 0.456 e. The number of para-hydroxylation sites is 4. The van der Waals surface area contributed by atoms with Crippen LogP contribution in [0.25, 0.3) is 98.5 Å². The Labute approximate surface area is 461 Å². The maximum absolute atomic E-state index is 7.34. The number of rotatable bonds is 7. The van der Waals surface area contributed by atoms with Crippen LogP contribution in [0.4, 0.5) is 34.1 Å². The van der Waals surface area contributed by atoms with E-state index in [1.54, 1.807) is 0 Å². The third-order valence-electron chi connectivity index (χ3n) is 16.9. The standard InChI is InChI=1S/C74H46N2O3Si/c1-2-20-50(21-3-1)76-65-27-10-13-31-73(65)80(53-37-40-60-58-24-8-11-29-67(58)77-70(60)43-53,54-38-41-61-59-25-9-12-30-68(59)78-71(61)44-54)74-46-72-63(45-66(74)76)62-39-36-52(42-69(62)79-72)75(64-28-15-19-48-17-5-7-23-57(48)64)51-34-32-49(33-35-51)56-26-14-18-47-16-4-6-22-55(47)56/h1-46H. The average Bonchev–Trinajstić information content (AvgIpc) is 4.32. The van der Waals surface area contributed by atoms with Gasteiger partial charge in [-0.3, -0.25) is 0 Å². The van der Waals surface area contributed by atoms with Gasteiger partial charge in [-0.05, 0) is 133 Å². The summed E-state index contributed by atoms with van der Waals surface area (Å²) in [5.74, 6) is 0. The van der Waals surface area contributed by atoms with Crippen LogP contribution in [0.5, 0.6) is 0 Å². The highest BCUT2D eigenvalue weighted by Gasteiger charge is 2.50. The van der Waals surface area contributed by atoms with Crippen LogP contribution in [0.15, 0.2) is 292 Å². The van der Waals surface area contributed by atoms with Crippen molar-refractivity contribution in [2.75, 3.05) is 9.80 Å². The van der Waals surface area contributed by atoms with E-state index in [0.717, 1.165) is 105 Å². The zero-order valence-corrected chi connectivity index (χ0v) is 44.2. The lowest BCUT2D eigenvalue weighted by molar-refractivity contribution is 0.669. The smallest absolute Gasteiger partial charge is 0.184 e. The molecule has 0 saturated heterocycles. The summed E-state index contributed by atoms with van der Waals surface area (Å²) in [5.41, 5.74) is 13.9. The summed E-state index contributed by atoms with van der Waals surface area (Å²) >= 11 is 0. The first-order chi connectivity index (χ1) is 39.6. The van der Waals surface area contributed by atoms with Gasteiger partial charge in [-0.1, -0.05) is 188 Å². The Morgan fingerprint density at radius 2 is 0.812 bits per heavy atom. The fraction of sp³-hybridized carbons (Fsp3) is 0. The van der Waals surface area contributed by atoms with Gasteiger partial charge in [-0.15, -0.1) is 0 Å². The Hall–Kier alpha value is -10.4. The molecule has 3 aromatic heterocycles. The van der Waals surface area contributed by atoms with Gasteiger partial charge in [0.15, 0.2) is 8.07 Å². The summed E-state index contributed by atoms with van der Waals surface area (Å²) in [5, 5.41) is 16.2. The molecule has 0 bridgehead atoms. The molecule has 4 heterocycles. The van der Waals surface area contributed by atoms with Crippen molar-refractivity contribution in [3.05, 3.63) is 279 Å². The molecule has 5 nitrogen and oxygen atoms in total. The summed E-state index contributed by atoms with van der Waals surface area (Å²) in [6, 6.07) is 101. The Morgan fingerprint density at radius 1 is 0.300 bits per heavy atom. The zero-order chi connectivity index (χ0) is 52.5. The Kier molecular flexibility index (Phi) is 9.67. The Bertz CT molecular complexity index is 5050. The number of fused-ring (bicyclic) bond motifs is 13. The quantitative estimate of drug-likeness (QED) is 0.149. The molecule has 80 heavy (non-hydrogen) atoms. The lowest BCUT2D eigenvalue weighted by atomic mass is 9.98. The van der Waals surface area contributed by atoms with Crippen LogP contribution >= 0.6 is 0 Å². The van der Waals surface area contributed by atoms with E-state index < -0.39 is 8.07 Å². The van der Waals surface area contributed by atoms with Gasteiger partial charge in [0.05, 0.1) is 5.69 Å². The van der Waals surface area contributed by atoms with E-state index in [2.05, 4.69) is 277 Å². The van der Waals surface area contributed by atoms with Crippen molar-refractivity contribution in [2.45, 2.75) is 0 Å². The molecule has 0 amide bonds. The van der Waals surface area contributed by atoms with E-state index >= 15 is 0 Å². The second kappa shape index (κ2) is 17.3. The van der Waals surface area contributed by atoms with Gasteiger partial charge in [-0.2, -0.15) is 0 Å². The Morgan fingerprint density at radius 3 is 1.54 bits per heavy atom. The van der Waals surface area contributed by atoms with Gasteiger partial charge in [0.2, 0.25) is 0 Å². The molecule has 16 aromatic rings. The molecule has 0 N–H and O–H groups in total. The summed E-state index contributed by atoms with van der Waals surface area (Å²) in [6.07, 6.45) is 0. The summed E-state index contributed by atoms with van der Waals surface area (Å²) in [6.45, 7) is 0. The van der Waals surface area contributed by atoms with Crippen molar-refractivity contribution >= 4 is 150 Å². The van der Waals surface area contributed by atoms with E-state index in [9.17, 15) is 0 Å². The second-order valence-corrected chi connectivity index (χ2v) is 24.8. The third-order valence-corrected chi connectivity index (χ3v) is 21.7. The van der Waals surface area contributed by atoms with E-state index in [-0.39, 0.29) is 0 Å². The molecule has 0 unspecified atom stereocenters. The average molecular weight is 1040 g/mol. The van der Waals surface area contributed by atoms with Crippen molar-refractivity contribution in [3.63, 3.8) is 0 Å². The van der Waals surface area contributed by atoms with Crippen LogP contribution in [0.2, 0.25) is 0 Å². The fourth-order valence-corrected chi connectivity index (χ4v) is 18.4. The van der Waals surface area contributed by atoms with Crippen LogP contribution in [-0.2, 0) is 0 Å². The first-order valence-corrected chi connectivity index (χ1v) is 29.3. The molecule has 13 aromatic carbocycles. The predicted octanol–water partition coefficient (Wildman–Crippen LogP) is 18.0. The lowest BCUT2D eigenvalue weighted by Crippen LogP contribution is -2.77. The predicted molar refractivity (Wildman–Crippen MR) is 335 cm³/mol. The molecule has 0 atom stereocenters. The van der Waals surface area contributed by atoms with Gasteiger partial charge in [-0.25, -0.2) is 0 Å². The van der Waals surface area contributed by atoms with E-state index in [1.807, 2.05) is 12.1 Å². The highest BCUT2D eigenvalue weighted by atomic mass is 28.3. The molecule has 374 valence electrons. The van der Waals surface area contributed by atoms with Crippen LogP contribution in [0.3, 0.4) is 0 Å². The third kappa shape index (κ3) is 6.57. The van der Waals surface area contributed by atoms with Gasteiger partial charge in [0, 0.05) is 72.2 Å². The highest BCUT2D eigenvalue weighted by molar-refractivity contribution is 7.21. The molecule has 6 heteroatoms. The summed E-state index contributed by atoms with van der Waals surface area (Å²) < 4.78 is 20.9. The van der Waals surface area contributed by atoms with Crippen molar-refractivity contribution in [3.8, 4) is 11.1 Å². The van der Waals surface area contributed by atoms with Crippen molar-refractivity contribution in [1.29, 1.82) is 0 Å². The number of hydrogen-bond donors (Lipinski definition) is 0. The molecular weight excluding hydrogens is 993 g/mol. The number of nitrogens with zero attached hydrogens (tertiary/aromatic N) is 2. The normalized spacial score (nSPS) is 13.1. The van der Waals surface area contributed by atoms with Crippen molar-refractivity contribution in [1.82, 2.24) is 0 Å². The van der Waals surface area contributed by atoms with Crippen LogP contribution < -0.4 is 30.5 Å². The molecule has 17 rings (SSSR count). The topological polar surface area (TPSA) is 45.9 Å². The van der Waals surface area contributed by atoms with Crippen LogP contribution in [0.1, 0.15) is 0 Å². The SMILES string of the molecule is c1ccc(N2c3ccccc3[Si](c3ccc4c(c3)oc3ccccc34)(c3ccc4c(c3)oc3ccccc34)c3cc4oc5cc(N(c6ccc(-c7cccc8ccccc78)cc6)c6cccc7ccccc67)ccc5c4cc32)cc1. The molecule has 1 aliphatic heterocycles. The summed E-state index contributed by atoms with van der Waals surface area (Å²) in [7, 11) is -3.37. The monoisotopic (exact) mass is 1040 g/mol. The molecule has 0 spiro atoms. The fourth-order valence-electron chi connectivity index (χ4n) is 13.3. The molecular formula is C74H46N2O3Si. The van der Waals surface area contributed by atoms with Gasteiger partial charge >= 0.3 is 0 Å². The number of benzene rings is 13. The molecule has 0 aliphatic carbocycles. The van der Waals surface area contributed by atoms with Crippen LogP contribution in [0, 0.1) is 0 Å². The van der Waals surface area contributed by atoms with Gasteiger partial charge in [0.25, 0.3) is 0 Å². The van der Waals surface area contributed by atoms with Gasteiger partial charge < -0.3 is 23.1 Å².